The molecular weight excluding hydrogens is 363 g/mol. The Bertz CT molecular complexity index is 839. The average Bonchev–Trinajstić information content (AvgIpc) is 2.60. The first kappa shape index (κ1) is 21.5. The van der Waals surface area contributed by atoms with Gasteiger partial charge < -0.3 is 19.3 Å². The third-order valence-electron chi connectivity index (χ3n) is 4.62. The van der Waals surface area contributed by atoms with E-state index in [0.29, 0.717) is 11.7 Å². The van der Waals surface area contributed by atoms with Gasteiger partial charge in [-0.3, -0.25) is 4.57 Å². The molecule has 0 bridgehead atoms. The molecule has 2 N–H and O–H groups in total. The largest absolute Gasteiger partial charge is 0.496 e. The number of hydrogen-bond acceptors (Lipinski definition) is 3. The Kier molecular flexibility index (Phi) is 7.10. The van der Waals surface area contributed by atoms with Crippen molar-refractivity contribution in [2.45, 2.75) is 46.5 Å². The monoisotopic (exact) mass is 392 g/mol. The van der Waals surface area contributed by atoms with Crippen molar-refractivity contribution in [2.24, 2.45) is 0 Å². The standard InChI is InChI=1S/C21H29O5P/c1-6-17-12-18(26-13-27(22,23)24)9-15(4)20(17)11-16-7-8-21(25-5)19(10-16)14(2)3/h7-10,12,14H,6,11,13H2,1-5H3,(H2,22,23,24). The lowest BCUT2D eigenvalue weighted by Crippen LogP contribution is -2.03. The molecule has 2 aromatic rings. The minimum absolute atomic E-state index is 0.370. The second kappa shape index (κ2) is 8.92. The summed E-state index contributed by atoms with van der Waals surface area (Å²) in [5.74, 6) is 1.77. The van der Waals surface area contributed by atoms with Crippen LogP contribution in [0.1, 0.15) is 54.5 Å². The number of aryl methyl sites for hydroxylation is 2. The van der Waals surface area contributed by atoms with Gasteiger partial charge in [-0.15, -0.1) is 0 Å². The first-order valence-electron chi connectivity index (χ1n) is 9.11. The van der Waals surface area contributed by atoms with E-state index in [1.165, 1.54) is 16.7 Å². The van der Waals surface area contributed by atoms with Gasteiger partial charge in [-0.1, -0.05) is 32.9 Å². The smallest absolute Gasteiger partial charge is 0.362 e. The van der Waals surface area contributed by atoms with Crippen LogP contribution >= 0.6 is 7.60 Å². The van der Waals surface area contributed by atoms with Gasteiger partial charge in [0, 0.05) is 0 Å². The zero-order valence-corrected chi connectivity index (χ0v) is 17.5. The molecule has 0 aliphatic carbocycles. The lowest BCUT2D eigenvalue weighted by molar-refractivity contribution is 0.300. The van der Waals surface area contributed by atoms with E-state index in [1.807, 2.05) is 25.1 Å². The predicted octanol–water partition coefficient (Wildman–Crippen LogP) is 4.79. The van der Waals surface area contributed by atoms with Crippen LogP contribution in [-0.4, -0.2) is 23.2 Å². The third kappa shape index (κ3) is 5.83. The highest BCUT2D eigenvalue weighted by molar-refractivity contribution is 7.51. The molecule has 0 radical (unpaired) electrons. The van der Waals surface area contributed by atoms with Crippen molar-refractivity contribution in [3.63, 3.8) is 0 Å². The van der Waals surface area contributed by atoms with Crippen molar-refractivity contribution in [3.05, 3.63) is 58.1 Å². The minimum Gasteiger partial charge on any atom is -0.496 e. The van der Waals surface area contributed by atoms with Gasteiger partial charge in [-0.2, -0.15) is 0 Å². The summed E-state index contributed by atoms with van der Waals surface area (Å²) < 4.78 is 21.8. The number of ether oxygens (including phenoxy) is 2. The summed E-state index contributed by atoms with van der Waals surface area (Å²) in [4.78, 5) is 18.0. The van der Waals surface area contributed by atoms with E-state index in [9.17, 15) is 4.57 Å². The molecule has 27 heavy (non-hydrogen) atoms. The fraction of sp³-hybridized carbons (Fsp3) is 0.429. The molecule has 0 aromatic heterocycles. The summed E-state index contributed by atoms with van der Waals surface area (Å²) in [6.45, 7) is 8.37. The first-order chi connectivity index (χ1) is 12.6. The van der Waals surface area contributed by atoms with Crippen molar-refractivity contribution >= 4 is 7.60 Å². The SMILES string of the molecule is CCc1cc(OCP(=O)(O)O)cc(C)c1Cc1ccc(OC)c(C(C)C)c1. The van der Waals surface area contributed by atoms with Gasteiger partial charge in [0.25, 0.3) is 0 Å². The maximum absolute atomic E-state index is 11.1. The van der Waals surface area contributed by atoms with E-state index in [4.69, 9.17) is 19.3 Å². The molecule has 2 rings (SSSR count). The van der Waals surface area contributed by atoms with E-state index >= 15 is 0 Å². The summed E-state index contributed by atoms with van der Waals surface area (Å²) in [6.07, 6.45) is 0.999. The fourth-order valence-corrected chi connectivity index (χ4v) is 3.53. The molecule has 5 nitrogen and oxygen atoms in total. The zero-order valence-electron chi connectivity index (χ0n) is 16.7. The zero-order chi connectivity index (χ0) is 20.2. The lowest BCUT2D eigenvalue weighted by atomic mass is 9.91. The van der Waals surface area contributed by atoms with Crippen LogP contribution in [0, 0.1) is 6.92 Å². The number of methoxy groups -OCH3 is 1. The molecule has 0 spiro atoms. The van der Waals surface area contributed by atoms with Gasteiger partial charge >= 0.3 is 7.60 Å². The quantitative estimate of drug-likeness (QED) is 0.632. The highest BCUT2D eigenvalue weighted by Crippen LogP contribution is 2.36. The molecular formula is C21H29O5P. The molecule has 0 unspecified atom stereocenters. The van der Waals surface area contributed by atoms with Gasteiger partial charge in [0.15, 0.2) is 6.35 Å². The van der Waals surface area contributed by atoms with Crippen LogP contribution in [-0.2, 0) is 17.4 Å². The second-order valence-corrected chi connectivity index (χ2v) is 8.66. The molecule has 148 valence electrons. The van der Waals surface area contributed by atoms with Crippen LogP contribution in [0.2, 0.25) is 0 Å². The van der Waals surface area contributed by atoms with Crippen molar-refractivity contribution in [1.82, 2.24) is 0 Å². The van der Waals surface area contributed by atoms with Crippen LogP contribution in [0.4, 0.5) is 0 Å². The van der Waals surface area contributed by atoms with Crippen molar-refractivity contribution < 1.29 is 23.8 Å². The Balaban J connectivity index is 2.33. The Hall–Kier alpha value is -1.81. The average molecular weight is 392 g/mol. The predicted molar refractivity (Wildman–Crippen MR) is 108 cm³/mol. The van der Waals surface area contributed by atoms with Crippen molar-refractivity contribution in [2.75, 3.05) is 13.5 Å². The second-order valence-electron chi connectivity index (χ2n) is 7.08. The number of rotatable bonds is 8. The fourth-order valence-electron chi connectivity index (χ4n) is 3.21. The summed E-state index contributed by atoms with van der Waals surface area (Å²) in [7, 11) is -2.50. The first-order valence-corrected chi connectivity index (χ1v) is 10.9. The Labute approximate surface area is 161 Å². The molecule has 0 atom stereocenters. The van der Waals surface area contributed by atoms with Crippen LogP contribution < -0.4 is 9.47 Å². The van der Waals surface area contributed by atoms with E-state index in [0.717, 1.165) is 29.7 Å². The van der Waals surface area contributed by atoms with Crippen LogP contribution in [0.5, 0.6) is 11.5 Å². The molecule has 0 saturated heterocycles. The lowest BCUT2D eigenvalue weighted by Gasteiger charge is -2.17. The molecule has 0 fully saturated rings. The summed E-state index contributed by atoms with van der Waals surface area (Å²) in [5, 5.41) is 0. The Morgan fingerprint density at radius 2 is 1.85 bits per heavy atom. The van der Waals surface area contributed by atoms with Gasteiger partial charge in [-0.05, 0) is 71.7 Å². The van der Waals surface area contributed by atoms with E-state index in [-0.39, 0.29) is 0 Å². The van der Waals surface area contributed by atoms with E-state index < -0.39 is 13.9 Å². The molecule has 0 amide bonds. The highest BCUT2D eigenvalue weighted by atomic mass is 31.2. The van der Waals surface area contributed by atoms with Crippen LogP contribution in [0.25, 0.3) is 0 Å². The Morgan fingerprint density at radius 1 is 1.15 bits per heavy atom. The highest BCUT2D eigenvalue weighted by Gasteiger charge is 2.16. The molecule has 6 heteroatoms. The summed E-state index contributed by atoms with van der Waals surface area (Å²) in [6, 6.07) is 10.0. The number of hydrogen-bond donors (Lipinski definition) is 2. The maximum atomic E-state index is 11.1. The van der Waals surface area contributed by atoms with Crippen molar-refractivity contribution in [1.29, 1.82) is 0 Å². The summed E-state index contributed by atoms with van der Waals surface area (Å²) >= 11 is 0. The van der Waals surface area contributed by atoms with Gasteiger partial charge in [0.2, 0.25) is 0 Å². The van der Waals surface area contributed by atoms with Crippen LogP contribution in [0.15, 0.2) is 30.3 Å². The van der Waals surface area contributed by atoms with Crippen molar-refractivity contribution in [3.8, 4) is 11.5 Å². The topological polar surface area (TPSA) is 76.0 Å². The summed E-state index contributed by atoms with van der Waals surface area (Å²) in [5.41, 5.74) is 5.80. The van der Waals surface area contributed by atoms with Gasteiger partial charge in [0.05, 0.1) is 7.11 Å². The maximum Gasteiger partial charge on any atom is 0.362 e. The number of benzene rings is 2. The van der Waals surface area contributed by atoms with E-state index in [1.54, 1.807) is 7.11 Å². The minimum atomic E-state index is -4.19. The Morgan fingerprint density at radius 3 is 2.41 bits per heavy atom. The van der Waals surface area contributed by atoms with E-state index in [2.05, 4.69) is 32.9 Å². The van der Waals surface area contributed by atoms with Gasteiger partial charge in [0.1, 0.15) is 11.5 Å². The molecule has 0 saturated carbocycles. The van der Waals surface area contributed by atoms with Crippen LogP contribution in [0.3, 0.4) is 0 Å². The normalized spacial score (nSPS) is 11.7. The molecule has 0 aliphatic heterocycles. The molecule has 0 aliphatic rings. The molecule has 0 heterocycles. The molecule has 2 aromatic carbocycles. The third-order valence-corrected chi connectivity index (χ3v) is 5.08. The van der Waals surface area contributed by atoms with Gasteiger partial charge in [-0.25, -0.2) is 0 Å².